The Morgan fingerprint density at radius 1 is 1.14 bits per heavy atom. The second-order valence-corrected chi connectivity index (χ2v) is 9.62. The Morgan fingerprint density at radius 2 is 1.94 bits per heavy atom. The molecule has 3 heterocycles. The van der Waals surface area contributed by atoms with Crippen molar-refractivity contribution >= 4 is 35.1 Å². The maximum absolute atomic E-state index is 11.8. The van der Waals surface area contributed by atoms with Gasteiger partial charge in [-0.1, -0.05) is 24.8 Å². The lowest BCUT2D eigenvalue weighted by atomic mass is 10.3. The maximum Gasteiger partial charge on any atom is 0.238 e. The topological polar surface area (TPSA) is 86.7 Å². The lowest BCUT2D eigenvalue weighted by Gasteiger charge is -2.32. The predicted molar refractivity (Wildman–Crippen MR) is 140 cm³/mol. The molecule has 1 aromatic carbocycles. The molecule has 184 valence electrons. The van der Waals surface area contributed by atoms with E-state index >= 15 is 0 Å². The van der Waals surface area contributed by atoms with Crippen molar-refractivity contribution in [2.24, 2.45) is 0 Å². The molecule has 0 radical (unpaired) electrons. The first kappa shape index (κ1) is 24.7. The van der Waals surface area contributed by atoms with Crippen LogP contribution in [0, 0.1) is 0 Å². The molecule has 9 nitrogen and oxygen atoms in total. The number of pyridine rings is 1. The summed E-state index contributed by atoms with van der Waals surface area (Å²) in [6, 6.07) is 11.6. The zero-order valence-electron chi connectivity index (χ0n) is 20.6. The fraction of sp³-hybridized carbons (Fsp3) is 0.360. The van der Waals surface area contributed by atoms with Gasteiger partial charge in [0.2, 0.25) is 17.7 Å². The number of carbonyl (C=O) groups is 1. The number of hydrogen-bond donors (Lipinski definition) is 1. The van der Waals surface area contributed by atoms with Crippen LogP contribution in [0.1, 0.15) is 13.3 Å². The highest BCUT2D eigenvalue weighted by molar-refractivity contribution is 7.99. The van der Waals surface area contributed by atoms with Crippen LogP contribution >= 0.6 is 11.8 Å². The Balaban J connectivity index is 1.63. The van der Waals surface area contributed by atoms with Crippen LogP contribution in [0.15, 0.2) is 58.6 Å². The number of anilines is 3. The third-order valence-electron chi connectivity index (χ3n) is 5.59. The van der Waals surface area contributed by atoms with Crippen LogP contribution in [-0.2, 0) is 4.79 Å². The monoisotopic (exact) mass is 493 g/mol. The number of aromatic nitrogens is 3. The lowest BCUT2D eigenvalue weighted by Crippen LogP contribution is -2.45. The molecule has 0 aliphatic carbocycles. The molecule has 0 bridgehead atoms. The normalized spacial score (nSPS) is 14.0. The third-order valence-corrected chi connectivity index (χ3v) is 6.58. The SMILES string of the molecule is CCC(=O)Nc1cc(Sc2cnc(N3CCN(C)CC3)nc2Oc2cccc(N(C)C)c2)ccn1. The molecule has 1 saturated heterocycles. The van der Waals surface area contributed by atoms with Gasteiger partial charge in [0.05, 0.1) is 11.1 Å². The average molecular weight is 494 g/mol. The predicted octanol–water partition coefficient (Wildman–Crippen LogP) is 3.98. The number of ether oxygens (including phenoxy) is 1. The van der Waals surface area contributed by atoms with E-state index in [1.54, 1.807) is 12.4 Å². The van der Waals surface area contributed by atoms with Gasteiger partial charge < -0.3 is 24.8 Å². The number of carbonyl (C=O) groups excluding carboxylic acids is 1. The minimum absolute atomic E-state index is 0.0793. The number of nitrogens with zero attached hydrogens (tertiary/aromatic N) is 6. The Kier molecular flexibility index (Phi) is 8.04. The van der Waals surface area contributed by atoms with E-state index in [9.17, 15) is 4.79 Å². The molecule has 1 N–H and O–H groups in total. The van der Waals surface area contributed by atoms with Crippen LogP contribution in [0.25, 0.3) is 0 Å². The van der Waals surface area contributed by atoms with E-state index in [-0.39, 0.29) is 5.91 Å². The summed E-state index contributed by atoms with van der Waals surface area (Å²) in [6.07, 6.45) is 3.87. The fourth-order valence-corrected chi connectivity index (χ4v) is 4.32. The van der Waals surface area contributed by atoms with E-state index in [0.29, 0.717) is 29.8 Å². The molecule has 2 aromatic heterocycles. The summed E-state index contributed by atoms with van der Waals surface area (Å²) >= 11 is 1.47. The van der Waals surface area contributed by atoms with Crippen molar-refractivity contribution in [2.45, 2.75) is 23.1 Å². The van der Waals surface area contributed by atoms with Gasteiger partial charge in [-0.25, -0.2) is 9.97 Å². The molecule has 3 aromatic rings. The van der Waals surface area contributed by atoms with Crippen molar-refractivity contribution in [1.29, 1.82) is 0 Å². The van der Waals surface area contributed by atoms with Crippen molar-refractivity contribution in [3.05, 3.63) is 48.8 Å². The molecule has 1 amide bonds. The Hall–Kier alpha value is -3.37. The van der Waals surface area contributed by atoms with Gasteiger partial charge in [0, 0.05) is 69.5 Å². The van der Waals surface area contributed by atoms with Crippen LogP contribution in [0.5, 0.6) is 11.6 Å². The molecule has 0 unspecified atom stereocenters. The molecule has 4 rings (SSSR count). The van der Waals surface area contributed by atoms with Gasteiger partial charge in [-0.2, -0.15) is 4.98 Å². The highest BCUT2D eigenvalue weighted by Gasteiger charge is 2.20. The summed E-state index contributed by atoms with van der Waals surface area (Å²) in [5.41, 5.74) is 1.04. The number of hydrogen-bond acceptors (Lipinski definition) is 9. The second-order valence-electron chi connectivity index (χ2n) is 8.50. The summed E-state index contributed by atoms with van der Waals surface area (Å²) in [4.78, 5) is 33.7. The fourth-order valence-electron chi connectivity index (χ4n) is 3.49. The van der Waals surface area contributed by atoms with Crippen LogP contribution < -0.4 is 19.9 Å². The van der Waals surface area contributed by atoms with Gasteiger partial charge in [0.25, 0.3) is 0 Å². The molecule has 0 saturated carbocycles. The molecular formula is C25H31N7O2S. The molecular weight excluding hydrogens is 462 g/mol. The van der Waals surface area contributed by atoms with Gasteiger partial charge in [-0.3, -0.25) is 4.79 Å². The van der Waals surface area contributed by atoms with E-state index in [0.717, 1.165) is 41.7 Å². The zero-order chi connectivity index (χ0) is 24.8. The third kappa shape index (κ3) is 6.61. The second kappa shape index (κ2) is 11.4. The summed E-state index contributed by atoms with van der Waals surface area (Å²) in [7, 11) is 6.11. The van der Waals surface area contributed by atoms with Crippen LogP contribution in [0.3, 0.4) is 0 Å². The number of piperazine rings is 1. The number of nitrogens with one attached hydrogen (secondary N) is 1. The summed E-state index contributed by atoms with van der Waals surface area (Å²) in [5, 5.41) is 2.80. The number of rotatable bonds is 8. The number of benzene rings is 1. The Labute approximate surface area is 210 Å². The van der Waals surface area contributed by atoms with Crippen molar-refractivity contribution in [3.8, 4) is 11.6 Å². The molecule has 1 fully saturated rings. The van der Waals surface area contributed by atoms with Gasteiger partial charge in [-0.05, 0) is 31.3 Å². The van der Waals surface area contributed by atoms with Gasteiger partial charge in [0.15, 0.2) is 0 Å². The van der Waals surface area contributed by atoms with E-state index < -0.39 is 0 Å². The highest BCUT2D eigenvalue weighted by atomic mass is 32.2. The molecule has 0 atom stereocenters. The first-order chi connectivity index (χ1) is 16.9. The summed E-state index contributed by atoms with van der Waals surface area (Å²) in [5.74, 6) is 2.28. The standard InChI is InChI=1S/C25H31N7O2S/c1-5-23(33)28-22-16-20(9-10-26-22)35-21-17-27-25(32-13-11-31(4)12-14-32)29-24(21)34-19-8-6-7-18(15-19)30(2)3/h6-10,15-17H,5,11-14H2,1-4H3,(H,26,28,33). The summed E-state index contributed by atoms with van der Waals surface area (Å²) in [6.45, 7) is 5.46. The molecule has 35 heavy (non-hydrogen) atoms. The van der Waals surface area contributed by atoms with Crippen molar-refractivity contribution < 1.29 is 9.53 Å². The minimum atomic E-state index is -0.0793. The molecule has 0 spiro atoms. The van der Waals surface area contributed by atoms with E-state index in [1.807, 2.05) is 62.3 Å². The smallest absolute Gasteiger partial charge is 0.238 e. The van der Waals surface area contributed by atoms with Crippen molar-refractivity contribution in [2.75, 3.05) is 62.4 Å². The number of amides is 1. The number of likely N-dealkylation sites (N-methyl/N-ethyl adjacent to an activating group) is 1. The molecule has 10 heteroatoms. The average Bonchev–Trinajstić information content (AvgIpc) is 2.86. The maximum atomic E-state index is 11.8. The first-order valence-electron chi connectivity index (χ1n) is 11.6. The Morgan fingerprint density at radius 3 is 2.69 bits per heavy atom. The lowest BCUT2D eigenvalue weighted by molar-refractivity contribution is -0.115. The van der Waals surface area contributed by atoms with E-state index in [2.05, 4.69) is 32.1 Å². The van der Waals surface area contributed by atoms with E-state index in [1.165, 1.54) is 11.8 Å². The highest BCUT2D eigenvalue weighted by Crippen LogP contribution is 2.37. The van der Waals surface area contributed by atoms with Crippen LogP contribution in [0.4, 0.5) is 17.5 Å². The van der Waals surface area contributed by atoms with Gasteiger partial charge in [0.1, 0.15) is 11.6 Å². The van der Waals surface area contributed by atoms with Crippen LogP contribution in [-0.4, -0.2) is 73.1 Å². The van der Waals surface area contributed by atoms with Crippen LogP contribution in [0.2, 0.25) is 0 Å². The van der Waals surface area contributed by atoms with Gasteiger partial charge in [-0.15, -0.1) is 0 Å². The van der Waals surface area contributed by atoms with E-state index in [4.69, 9.17) is 9.72 Å². The van der Waals surface area contributed by atoms with Gasteiger partial charge >= 0.3 is 0 Å². The molecule has 1 aliphatic heterocycles. The largest absolute Gasteiger partial charge is 0.438 e. The van der Waals surface area contributed by atoms with Crippen molar-refractivity contribution in [1.82, 2.24) is 19.9 Å². The summed E-state index contributed by atoms with van der Waals surface area (Å²) < 4.78 is 6.32. The first-order valence-corrected chi connectivity index (χ1v) is 12.4. The molecule has 1 aliphatic rings. The Bertz CT molecular complexity index is 1170. The minimum Gasteiger partial charge on any atom is -0.438 e. The quantitative estimate of drug-likeness (QED) is 0.501. The van der Waals surface area contributed by atoms with Crippen molar-refractivity contribution in [3.63, 3.8) is 0 Å². The zero-order valence-corrected chi connectivity index (χ0v) is 21.4.